The normalized spacial score (nSPS) is 9.69. The molecule has 8 heteroatoms. The zero-order chi connectivity index (χ0) is 17.4. The van der Waals surface area contributed by atoms with Gasteiger partial charge in [0.1, 0.15) is 36.4 Å². The predicted molar refractivity (Wildman–Crippen MR) is 110 cm³/mol. The molecule has 0 amide bonds. The number of rotatable bonds is 8. The maximum absolute atomic E-state index is 7.32. The first-order valence-corrected chi connectivity index (χ1v) is 7.36. The first kappa shape index (κ1) is 23.3. The van der Waals surface area contributed by atoms with Gasteiger partial charge in [-0.1, -0.05) is 0 Å². The van der Waals surface area contributed by atoms with Crippen LogP contribution in [-0.2, 0) is 0 Å². The molecule has 0 heterocycles. The van der Waals surface area contributed by atoms with Crippen molar-refractivity contribution in [1.29, 1.82) is 10.8 Å². The van der Waals surface area contributed by atoms with Gasteiger partial charge in [0.15, 0.2) is 0 Å². The number of hydrogen-bond acceptors (Lipinski definition) is 4. The summed E-state index contributed by atoms with van der Waals surface area (Å²) in [6.45, 7) is 0.845. The van der Waals surface area contributed by atoms with Gasteiger partial charge < -0.3 is 20.9 Å². The zero-order valence-corrected chi connectivity index (χ0v) is 15.6. The molecular formula is C18H22Cl2N4O2. The van der Waals surface area contributed by atoms with E-state index in [9.17, 15) is 0 Å². The van der Waals surface area contributed by atoms with Crippen LogP contribution in [0.2, 0.25) is 0 Å². The minimum absolute atomic E-state index is 0. The highest BCUT2D eigenvalue weighted by Gasteiger charge is 1.98. The van der Waals surface area contributed by atoms with Gasteiger partial charge >= 0.3 is 0 Å². The highest BCUT2D eigenvalue weighted by molar-refractivity contribution is 5.95. The SMILES string of the molecule is Cl.Cl.N=C(N)c1ccc(OC/C=C/COc2ccc(C(=N)N)cc2)cc1. The lowest BCUT2D eigenvalue weighted by atomic mass is 10.2. The third-order valence-corrected chi connectivity index (χ3v) is 3.19. The van der Waals surface area contributed by atoms with Crippen LogP contribution in [0.5, 0.6) is 11.5 Å². The number of halogens is 2. The van der Waals surface area contributed by atoms with Crippen molar-refractivity contribution >= 4 is 36.5 Å². The van der Waals surface area contributed by atoms with E-state index in [1.165, 1.54) is 0 Å². The van der Waals surface area contributed by atoms with Crippen LogP contribution in [0.3, 0.4) is 0 Å². The Morgan fingerprint density at radius 1 is 0.692 bits per heavy atom. The largest absolute Gasteiger partial charge is 0.490 e. The molecule has 2 aromatic carbocycles. The minimum Gasteiger partial charge on any atom is -0.490 e. The molecule has 0 atom stereocenters. The summed E-state index contributed by atoms with van der Waals surface area (Å²) in [6.07, 6.45) is 3.73. The van der Waals surface area contributed by atoms with Crippen LogP contribution in [0.15, 0.2) is 60.7 Å². The van der Waals surface area contributed by atoms with Crippen LogP contribution in [0.1, 0.15) is 11.1 Å². The van der Waals surface area contributed by atoms with E-state index in [0.717, 1.165) is 0 Å². The molecule has 0 bridgehead atoms. The van der Waals surface area contributed by atoms with E-state index < -0.39 is 0 Å². The second-order valence-corrected chi connectivity index (χ2v) is 4.97. The van der Waals surface area contributed by atoms with Crippen LogP contribution in [0, 0.1) is 10.8 Å². The van der Waals surface area contributed by atoms with E-state index in [-0.39, 0.29) is 36.5 Å². The smallest absolute Gasteiger partial charge is 0.122 e. The standard InChI is InChI=1S/C18H20N4O2.2ClH/c19-17(20)13-3-7-15(8-4-13)23-11-1-2-12-24-16-9-5-14(6-10-16)18(21)22;;/h1-10H,11-12H2,(H3,19,20)(H3,21,22);2*1H/b2-1+;;. The van der Waals surface area contributed by atoms with Gasteiger partial charge in [0, 0.05) is 11.1 Å². The molecule has 0 aliphatic rings. The molecule has 0 aliphatic carbocycles. The van der Waals surface area contributed by atoms with Crippen LogP contribution in [0.25, 0.3) is 0 Å². The number of amidine groups is 2. The molecule has 0 aliphatic heterocycles. The molecule has 0 fully saturated rings. The fourth-order valence-corrected chi connectivity index (χ4v) is 1.89. The Labute approximate surface area is 165 Å². The van der Waals surface area contributed by atoms with Crippen molar-refractivity contribution in [3.05, 3.63) is 71.8 Å². The maximum Gasteiger partial charge on any atom is 0.122 e. The second kappa shape index (κ2) is 11.8. The minimum atomic E-state index is 0. The average molecular weight is 397 g/mol. The summed E-state index contributed by atoms with van der Waals surface area (Å²) in [5.74, 6) is 1.50. The van der Waals surface area contributed by atoms with Crippen LogP contribution < -0.4 is 20.9 Å². The van der Waals surface area contributed by atoms with Gasteiger partial charge in [-0.3, -0.25) is 10.8 Å². The lowest BCUT2D eigenvalue weighted by molar-refractivity contribution is 0.350. The quantitative estimate of drug-likeness (QED) is 0.311. The number of hydrogen-bond donors (Lipinski definition) is 4. The summed E-state index contributed by atoms with van der Waals surface area (Å²) in [7, 11) is 0. The van der Waals surface area contributed by atoms with Crippen LogP contribution in [-0.4, -0.2) is 24.9 Å². The van der Waals surface area contributed by atoms with Gasteiger partial charge in [-0.25, -0.2) is 0 Å². The summed E-state index contributed by atoms with van der Waals surface area (Å²) < 4.78 is 11.1. The Hall–Kier alpha value is -2.70. The fourth-order valence-electron chi connectivity index (χ4n) is 1.89. The molecular weight excluding hydrogens is 375 g/mol. The molecule has 0 saturated carbocycles. The van der Waals surface area contributed by atoms with Crippen molar-refractivity contribution in [3.8, 4) is 11.5 Å². The van der Waals surface area contributed by atoms with Gasteiger partial charge in [0.2, 0.25) is 0 Å². The van der Waals surface area contributed by atoms with E-state index in [4.69, 9.17) is 31.8 Å². The Morgan fingerprint density at radius 3 is 1.27 bits per heavy atom. The molecule has 0 radical (unpaired) electrons. The van der Waals surface area contributed by atoms with Crippen LogP contribution in [0.4, 0.5) is 0 Å². The van der Waals surface area contributed by atoms with Crippen molar-refractivity contribution in [3.63, 3.8) is 0 Å². The highest BCUT2D eigenvalue weighted by Crippen LogP contribution is 2.13. The number of ether oxygens (including phenoxy) is 2. The molecule has 0 saturated heterocycles. The lowest BCUT2D eigenvalue weighted by Crippen LogP contribution is -2.10. The van der Waals surface area contributed by atoms with Crippen molar-refractivity contribution in [2.45, 2.75) is 0 Å². The number of nitrogens with one attached hydrogen (secondary N) is 2. The summed E-state index contributed by atoms with van der Waals surface area (Å²) in [6, 6.07) is 14.1. The first-order chi connectivity index (χ1) is 11.6. The Balaban J connectivity index is 0.00000312. The summed E-state index contributed by atoms with van der Waals surface area (Å²) >= 11 is 0. The third-order valence-electron chi connectivity index (χ3n) is 3.19. The van der Waals surface area contributed by atoms with E-state index in [0.29, 0.717) is 35.8 Å². The van der Waals surface area contributed by atoms with Crippen molar-refractivity contribution in [1.82, 2.24) is 0 Å². The topological polar surface area (TPSA) is 118 Å². The molecule has 6 N–H and O–H groups in total. The van der Waals surface area contributed by atoms with Gasteiger partial charge in [-0.05, 0) is 60.7 Å². The molecule has 140 valence electrons. The first-order valence-electron chi connectivity index (χ1n) is 7.36. The molecule has 6 nitrogen and oxygen atoms in total. The maximum atomic E-state index is 7.32. The van der Waals surface area contributed by atoms with Crippen molar-refractivity contribution in [2.75, 3.05) is 13.2 Å². The summed E-state index contributed by atoms with van der Waals surface area (Å²) in [4.78, 5) is 0. The molecule has 0 unspecified atom stereocenters. The van der Waals surface area contributed by atoms with Crippen LogP contribution >= 0.6 is 24.8 Å². The molecule has 26 heavy (non-hydrogen) atoms. The third kappa shape index (κ3) is 7.46. The molecule has 2 aromatic rings. The monoisotopic (exact) mass is 396 g/mol. The molecule has 0 spiro atoms. The van der Waals surface area contributed by atoms with E-state index in [1.807, 2.05) is 12.2 Å². The number of benzene rings is 2. The van der Waals surface area contributed by atoms with Gasteiger partial charge in [0.05, 0.1) is 0 Å². The highest BCUT2D eigenvalue weighted by atomic mass is 35.5. The van der Waals surface area contributed by atoms with Gasteiger partial charge in [-0.15, -0.1) is 24.8 Å². The Morgan fingerprint density at radius 2 is 1.00 bits per heavy atom. The Kier molecular flexibility index (Phi) is 10.6. The Bertz CT molecular complexity index is 668. The second-order valence-electron chi connectivity index (χ2n) is 4.97. The summed E-state index contributed by atoms with van der Waals surface area (Å²) in [5, 5.41) is 14.6. The van der Waals surface area contributed by atoms with E-state index in [2.05, 4.69) is 0 Å². The van der Waals surface area contributed by atoms with Gasteiger partial charge in [-0.2, -0.15) is 0 Å². The van der Waals surface area contributed by atoms with Gasteiger partial charge in [0.25, 0.3) is 0 Å². The molecule has 2 rings (SSSR count). The summed E-state index contributed by atoms with van der Waals surface area (Å²) in [5.41, 5.74) is 12.1. The average Bonchev–Trinajstić information content (AvgIpc) is 2.58. The zero-order valence-electron chi connectivity index (χ0n) is 14.0. The molecule has 0 aromatic heterocycles. The predicted octanol–water partition coefficient (Wildman–Crippen LogP) is 3.11. The van der Waals surface area contributed by atoms with E-state index in [1.54, 1.807) is 48.5 Å². The number of nitrogens with two attached hydrogens (primary N) is 2. The fraction of sp³-hybridized carbons (Fsp3) is 0.111. The lowest BCUT2D eigenvalue weighted by Gasteiger charge is -2.05. The van der Waals surface area contributed by atoms with E-state index >= 15 is 0 Å². The van der Waals surface area contributed by atoms with Crippen molar-refractivity contribution in [2.24, 2.45) is 11.5 Å². The number of nitrogen functional groups attached to an aromatic ring is 2. The van der Waals surface area contributed by atoms with Crippen molar-refractivity contribution < 1.29 is 9.47 Å².